The molecule has 5 heteroatoms. The minimum absolute atomic E-state index is 0. The molecular weight excluding hydrogens is 933 g/mol. The number of rotatable bonds is 4. The van der Waals surface area contributed by atoms with Gasteiger partial charge in [-0.2, -0.15) is 6.08 Å². The van der Waals surface area contributed by atoms with E-state index in [1.54, 1.807) is 0 Å². The summed E-state index contributed by atoms with van der Waals surface area (Å²) in [6.07, 6.45) is 10.9. The zero-order valence-electron chi connectivity index (χ0n) is 32.8. The molecule has 0 bridgehead atoms. The fourth-order valence-electron chi connectivity index (χ4n) is 6.84. The van der Waals surface area contributed by atoms with Crippen LogP contribution < -0.4 is 0 Å². The summed E-state index contributed by atoms with van der Waals surface area (Å²) in [4.78, 5) is 0. The van der Waals surface area contributed by atoms with E-state index in [0.29, 0.717) is 0 Å². The van der Waals surface area contributed by atoms with Crippen LogP contribution in [0.5, 0.6) is 0 Å². The van der Waals surface area contributed by atoms with Crippen LogP contribution in [0.4, 0.5) is 0 Å². The first-order valence-electron chi connectivity index (χ1n) is 18.5. The van der Waals surface area contributed by atoms with Crippen molar-refractivity contribution in [3.63, 3.8) is 0 Å². The van der Waals surface area contributed by atoms with Crippen LogP contribution in [0.3, 0.4) is 0 Å². The van der Waals surface area contributed by atoms with E-state index < -0.39 is 0 Å². The van der Waals surface area contributed by atoms with Gasteiger partial charge in [0, 0.05) is 0 Å². The Morgan fingerprint density at radius 2 is 1.09 bits per heavy atom. The van der Waals surface area contributed by atoms with Gasteiger partial charge in [-0.05, 0) is 39.5 Å². The molecule has 0 saturated carbocycles. The van der Waals surface area contributed by atoms with Crippen molar-refractivity contribution in [3.05, 3.63) is 201 Å². The van der Waals surface area contributed by atoms with Gasteiger partial charge in [0.25, 0.3) is 0 Å². The molecule has 0 fully saturated rings. The predicted molar refractivity (Wildman–Crippen MR) is 244 cm³/mol. The van der Waals surface area contributed by atoms with E-state index >= 15 is 0 Å². The Kier molecular flexibility index (Phi) is 16.1. The fraction of sp³-hybridized carbons (Fsp3) is 0.196. The van der Waals surface area contributed by atoms with Crippen LogP contribution in [0.25, 0.3) is 33.4 Å². The maximum Gasteiger partial charge on any atom is -0.109 e. The van der Waals surface area contributed by atoms with Gasteiger partial charge in [-0.1, -0.05) is 131 Å². The molecule has 8 rings (SSSR count). The Bertz CT molecular complexity index is 2130. The summed E-state index contributed by atoms with van der Waals surface area (Å²) in [7, 11) is 0. The third-order valence-electron chi connectivity index (χ3n) is 9.67. The van der Waals surface area contributed by atoms with Crippen molar-refractivity contribution in [2.45, 2.75) is 65.2 Å². The first kappa shape index (κ1) is 45.4. The zero-order valence-corrected chi connectivity index (χ0v) is 39.6. The summed E-state index contributed by atoms with van der Waals surface area (Å²) in [5.41, 5.74) is 16.0. The average molecular weight is 981 g/mol. The largest absolute Gasteiger partial charge is 0.273 e. The van der Waals surface area contributed by atoms with E-state index in [1.165, 1.54) is 70.0 Å². The molecule has 0 amide bonds. The van der Waals surface area contributed by atoms with Crippen LogP contribution >= 0.6 is 48.0 Å². The van der Waals surface area contributed by atoms with Gasteiger partial charge >= 0.3 is 120 Å². The molecule has 0 aromatic heterocycles. The molecule has 284 valence electrons. The molecule has 0 radical (unpaired) electrons. The molecule has 0 saturated heterocycles. The number of hydrogen-bond donors (Lipinski definition) is 0. The molecule has 2 aliphatic rings. The summed E-state index contributed by atoms with van der Waals surface area (Å²) in [6.45, 7) is 13.9. The van der Waals surface area contributed by atoms with E-state index in [4.69, 9.17) is 23.2 Å². The summed E-state index contributed by atoms with van der Waals surface area (Å²) in [5.74, 6) is 0. The number of fused-ring (bicyclic) bond motifs is 3. The van der Waals surface area contributed by atoms with Gasteiger partial charge in [0.15, 0.2) is 0 Å². The smallest absolute Gasteiger partial charge is 0.109 e. The first-order valence-corrected chi connectivity index (χ1v) is 21.1. The monoisotopic (exact) mass is 980 g/mol. The standard InChI is InChI=1S/C33H33.C13H8Cl2.C5H5.2ClH.Hf/c1-32(2,3)30-20-26-24(18-28(30)22-13-9-7-10-14-22)17-25-19-29(23-15-11-8-12-16-23)31(21-27(25)26)33(4,5)6;14-12-5-1-10(2-6-12)9-11-3-7-13(15)8-4-11;1-2-4-5-3-1;;;/h7-16,18,20-21H,17H2,1-6H3;1-8H;1-3H,4H2;2*1H;/q-1;;-1;;;+2. The molecule has 0 unspecified atom stereocenters. The van der Waals surface area contributed by atoms with Gasteiger partial charge in [0.2, 0.25) is 0 Å². The van der Waals surface area contributed by atoms with Gasteiger partial charge in [0.05, 0.1) is 0 Å². The Hall–Kier alpha value is -3.30. The maximum atomic E-state index is 5.87. The second kappa shape index (κ2) is 19.9. The molecule has 2 aliphatic carbocycles. The van der Waals surface area contributed by atoms with Crippen molar-refractivity contribution in [2.24, 2.45) is 0 Å². The Morgan fingerprint density at radius 3 is 1.54 bits per heavy atom. The van der Waals surface area contributed by atoms with E-state index in [2.05, 4.69) is 163 Å². The summed E-state index contributed by atoms with van der Waals surface area (Å²) < 4.78 is 1.35. The van der Waals surface area contributed by atoms with Gasteiger partial charge in [-0.15, -0.1) is 60.1 Å². The topological polar surface area (TPSA) is 0 Å². The molecule has 0 aliphatic heterocycles. The van der Waals surface area contributed by atoms with Crippen LogP contribution in [-0.2, 0) is 41.1 Å². The van der Waals surface area contributed by atoms with E-state index in [-0.39, 0.29) is 35.6 Å². The second-order valence-electron chi connectivity index (χ2n) is 15.8. The number of halogens is 4. The average Bonchev–Trinajstić information content (AvgIpc) is 3.86. The fourth-order valence-corrected chi connectivity index (χ4v) is 8.29. The maximum absolute atomic E-state index is 5.87. The van der Waals surface area contributed by atoms with Gasteiger partial charge in [-0.3, -0.25) is 6.08 Å². The van der Waals surface area contributed by atoms with E-state index in [9.17, 15) is 0 Å². The molecule has 0 N–H and O–H groups in total. The minimum Gasteiger partial charge on any atom is -0.273 e. The Morgan fingerprint density at radius 1 is 0.589 bits per heavy atom. The van der Waals surface area contributed by atoms with Crippen LogP contribution in [0.2, 0.25) is 10.0 Å². The predicted octanol–water partition coefficient (Wildman–Crippen LogP) is 15.2. The second-order valence-corrected chi connectivity index (χ2v) is 18.5. The zero-order chi connectivity index (χ0) is 38.5. The molecule has 6 aromatic carbocycles. The van der Waals surface area contributed by atoms with E-state index in [1.807, 2.05) is 36.4 Å². The van der Waals surface area contributed by atoms with Crippen molar-refractivity contribution < 1.29 is 23.9 Å². The third-order valence-corrected chi connectivity index (χ3v) is 12.3. The molecular formula is C51H48Cl4Hf. The van der Waals surface area contributed by atoms with Crippen molar-refractivity contribution in [1.82, 2.24) is 0 Å². The minimum atomic E-state index is 0. The number of hydrogen-bond acceptors (Lipinski definition) is 0. The van der Waals surface area contributed by atoms with E-state index in [0.717, 1.165) is 46.8 Å². The Labute approximate surface area is 372 Å². The first-order chi connectivity index (χ1) is 25.8. The summed E-state index contributed by atoms with van der Waals surface area (Å²) in [6, 6.07) is 48.7. The van der Waals surface area contributed by atoms with Crippen molar-refractivity contribution >= 4 is 51.3 Å². The molecule has 6 aromatic rings. The SMILES string of the molecule is CC(C)(C)c1cc2c([c-]c1-c1ccccc1)Cc1cc(-c3ccccc3)c(C(C)(C)C)cc1-2.Cl.Cl.Clc1ccc([C](=[Hf+2])c2ccc(Cl)cc2)cc1.[C-]1=CC=CC1. The quantitative estimate of drug-likeness (QED) is 0.122. The van der Waals surface area contributed by atoms with Crippen molar-refractivity contribution in [3.8, 4) is 33.4 Å². The number of benzene rings is 6. The molecule has 0 spiro atoms. The molecule has 0 heterocycles. The molecule has 0 atom stereocenters. The normalized spacial score (nSPS) is 12.2. The van der Waals surface area contributed by atoms with Crippen molar-refractivity contribution in [1.29, 1.82) is 0 Å². The molecule has 0 nitrogen and oxygen atoms in total. The molecule has 56 heavy (non-hydrogen) atoms. The van der Waals surface area contributed by atoms with Gasteiger partial charge in [0.1, 0.15) is 0 Å². The van der Waals surface area contributed by atoms with Crippen LogP contribution in [0.15, 0.2) is 146 Å². The van der Waals surface area contributed by atoms with Crippen molar-refractivity contribution in [2.75, 3.05) is 0 Å². The third kappa shape index (κ3) is 11.2. The number of allylic oxidation sites excluding steroid dienone is 4. The van der Waals surface area contributed by atoms with Crippen LogP contribution in [0.1, 0.15) is 81.3 Å². The Balaban J connectivity index is 0.000000252. The summed E-state index contributed by atoms with van der Waals surface area (Å²) >= 11 is 12.7. The van der Waals surface area contributed by atoms with Gasteiger partial charge < -0.3 is 0 Å². The van der Waals surface area contributed by atoms with Crippen LogP contribution in [0, 0.1) is 12.1 Å². The van der Waals surface area contributed by atoms with Gasteiger partial charge in [-0.25, -0.2) is 12.2 Å². The van der Waals surface area contributed by atoms with Crippen LogP contribution in [-0.4, -0.2) is 3.26 Å². The summed E-state index contributed by atoms with van der Waals surface area (Å²) in [5, 5.41) is 1.55.